The van der Waals surface area contributed by atoms with Crippen LogP contribution >= 0.6 is 11.8 Å². The molecule has 7 heteroatoms. The lowest BCUT2D eigenvalue weighted by Crippen LogP contribution is -2.24. The molecule has 3 rings (SSSR count). The van der Waals surface area contributed by atoms with Crippen LogP contribution in [0.4, 0.5) is 5.69 Å². The third-order valence-corrected chi connectivity index (χ3v) is 5.82. The van der Waals surface area contributed by atoms with E-state index >= 15 is 0 Å². The van der Waals surface area contributed by atoms with Gasteiger partial charge in [-0.05, 0) is 74.7 Å². The number of hydrogen-bond acceptors (Lipinski definition) is 5. The summed E-state index contributed by atoms with van der Waals surface area (Å²) in [5.41, 5.74) is 4.36. The SMILES string of the molecule is COc1ccc(C)cc1NC(=O)[C@H](C)Sc1ccc(=O)n(-c2ccc(C)c(C)c2)n1. The molecule has 0 unspecified atom stereocenters. The van der Waals surface area contributed by atoms with E-state index in [1.54, 1.807) is 20.1 Å². The van der Waals surface area contributed by atoms with Crippen molar-refractivity contribution < 1.29 is 9.53 Å². The Kier molecular flexibility index (Phi) is 6.62. The summed E-state index contributed by atoms with van der Waals surface area (Å²) in [6.45, 7) is 7.77. The van der Waals surface area contributed by atoms with Crippen molar-refractivity contribution in [3.8, 4) is 11.4 Å². The van der Waals surface area contributed by atoms with Gasteiger partial charge in [-0.2, -0.15) is 9.78 Å². The molecule has 3 aromatic rings. The van der Waals surface area contributed by atoms with E-state index in [4.69, 9.17) is 4.74 Å². The number of ether oxygens (including phenoxy) is 1. The topological polar surface area (TPSA) is 73.2 Å². The van der Waals surface area contributed by atoms with Gasteiger partial charge in [-0.25, -0.2) is 0 Å². The van der Waals surface area contributed by atoms with Gasteiger partial charge in [0.2, 0.25) is 5.91 Å². The number of anilines is 1. The molecule has 0 saturated heterocycles. The molecule has 1 heterocycles. The van der Waals surface area contributed by atoms with Crippen LogP contribution < -0.4 is 15.6 Å². The summed E-state index contributed by atoms with van der Waals surface area (Å²) in [5, 5.41) is 7.53. The van der Waals surface area contributed by atoms with Crippen LogP contribution in [0.3, 0.4) is 0 Å². The average Bonchev–Trinajstić information content (AvgIpc) is 2.71. The van der Waals surface area contributed by atoms with Gasteiger partial charge in [0.05, 0.1) is 23.7 Å². The molecule has 0 radical (unpaired) electrons. The molecule has 0 aliphatic heterocycles. The number of nitrogens with one attached hydrogen (secondary N) is 1. The van der Waals surface area contributed by atoms with Crippen molar-refractivity contribution >= 4 is 23.4 Å². The van der Waals surface area contributed by atoms with E-state index in [2.05, 4.69) is 10.4 Å². The molecule has 0 spiro atoms. The Morgan fingerprint density at radius 1 is 1.07 bits per heavy atom. The Labute approximate surface area is 180 Å². The van der Waals surface area contributed by atoms with Gasteiger partial charge in [0.25, 0.3) is 5.56 Å². The summed E-state index contributed by atoms with van der Waals surface area (Å²) in [7, 11) is 1.57. The Morgan fingerprint density at radius 2 is 1.83 bits per heavy atom. The zero-order valence-electron chi connectivity index (χ0n) is 17.7. The lowest BCUT2D eigenvalue weighted by atomic mass is 10.1. The third kappa shape index (κ3) is 4.91. The van der Waals surface area contributed by atoms with Gasteiger partial charge in [0.1, 0.15) is 10.8 Å². The number of methoxy groups -OCH3 is 1. The Morgan fingerprint density at radius 3 is 2.53 bits per heavy atom. The Balaban J connectivity index is 1.79. The molecule has 1 N–H and O–H groups in total. The van der Waals surface area contributed by atoms with Crippen molar-refractivity contribution in [1.29, 1.82) is 0 Å². The first-order chi connectivity index (χ1) is 14.3. The number of thioether (sulfide) groups is 1. The highest BCUT2D eigenvalue weighted by Gasteiger charge is 2.18. The van der Waals surface area contributed by atoms with Crippen LogP contribution in [0.15, 0.2) is 58.4 Å². The number of nitrogens with zero attached hydrogens (tertiary/aromatic N) is 2. The predicted molar refractivity (Wildman–Crippen MR) is 121 cm³/mol. The monoisotopic (exact) mass is 423 g/mol. The summed E-state index contributed by atoms with van der Waals surface area (Å²) in [6.07, 6.45) is 0. The molecule has 156 valence electrons. The van der Waals surface area contributed by atoms with Crippen LogP contribution in [-0.4, -0.2) is 28.0 Å². The van der Waals surface area contributed by atoms with Crippen LogP contribution in [0, 0.1) is 20.8 Å². The number of benzene rings is 2. The van der Waals surface area contributed by atoms with Crippen LogP contribution in [0.25, 0.3) is 5.69 Å². The highest BCUT2D eigenvalue weighted by atomic mass is 32.2. The van der Waals surface area contributed by atoms with Crippen molar-refractivity contribution in [2.75, 3.05) is 12.4 Å². The summed E-state index contributed by atoms with van der Waals surface area (Å²) < 4.78 is 6.69. The second-order valence-corrected chi connectivity index (χ2v) is 8.50. The minimum absolute atomic E-state index is 0.172. The molecule has 2 aromatic carbocycles. The van der Waals surface area contributed by atoms with Gasteiger partial charge in [-0.15, -0.1) is 0 Å². The molecule has 6 nitrogen and oxygen atoms in total. The summed E-state index contributed by atoms with van der Waals surface area (Å²) in [4.78, 5) is 25.0. The second kappa shape index (κ2) is 9.17. The van der Waals surface area contributed by atoms with Gasteiger partial charge < -0.3 is 10.1 Å². The van der Waals surface area contributed by atoms with Crippen LogP contribution in [0.2, 0.25) is 0 Å². The molecule has 1 amide bonds. The van der Waals surface area contributed by atoms with E-state index < -0.39 is 5.25 Å². The van der Waals surface area contributed by atoms with E-state index in [9.17, 15) is 9.59 Å². The normalized spacial score (nSPS) is 11.8. The quantitative estimate of drug-likeness (QED) is 0.599. The first-order valence-electron chi connectivity index (χ1n) is 9.58. The predicted octanol–water partition coefficient (Wildman–Crippen LogP) is 4.29. The number of carbonyl (C=O) groups is 1. The average molecular weight is 424 g/mol. The van der Waals surface area contributed by atoms with Crippen molar-refractivity contribution in [1.82, 2.24) is 9.78 Å². The van der Waals surface area contributed by atoms with Gasteiger partial charge in [0.15, 0.2) is 0 Å². The molecule has 30 heavy (non-hydrogen) atoms. The highest BCUT2D eigenvalue weighted by molar-refractivity contribution is 8.00. The molecular weight excluding hydrogens is 398 g/mol. The lowest BCUT2D eigenvalue weighted by Gasteiger charge is -2.15. The van der Waals surface area contributed by atoms with Crippen LogP contribution in [0.5, 0.6) is 5.75 Å². The molecule has 1 aromatic heterocycles. The number of aromatic nitrogens is 2. The number of carbonyl (C=O) groups excluding carboxylic acids is 1. The molecule has 0 fully saturated rings. The zero-order valence-corrected chi connectivity index (χ0v) is 18.5. The van der Waals surface area contributed by atoms with Crippen molar-refractivity contribution in [3.63, 3.8) is 0 Å². The van der Waals surface area contributed by atoms with E-state index in [0.717, 1.165) is 16.7 Å². The minimum atomic E-state index is -0.423. The van der Waals surface area contributed by atoms with Gasteiger partial charge in [-0.1, -0.05) is 23.9 Å². The Bertz CT molecular complexity index is 1140. The fourth-order valence-corrected chi connectivity index (χ4v) is 3.69. The summed E-state index contributed by atoms with van der Waals surface area (Å²) >= 11 is 1.29. The number of amides is 1. The fourth-order valence-electron chi connectivity index (χ4n) is 2.89. The van der Waals surface area contributed by atoms with Crippen molar-refractivity contribution in [3.05, 3.63) is 75.6 Å². The third-order valence-electron chi connectivity index (χ3n) is 4.79. The van der Waals surface area contributed by atoms with Crippen molar-refractivity contribution in [2.24, 2.45) is 0 Å². The van der Waals surface area contributed by atoms with Gasteiger partial charge in [-0.3, -0.25) is 9.59 Å². The van der Waals surface area contributed by atoms with Gasteiger partial charge >= 0.3 is 0 Å². The first-order valence-corrected chi connectivity index (χ1v) is 10.5. The maximum absolute atomic E-state index is 12.7. The standard InChI is InChI=1S/C23H25N3O3S/c1-14-6-9-20(29-5)19(12-14)24-23(28)17(4)30-21-10-11-22(27)26(25-21)18-8-7-15(2)16(3)13-18/h6-13,17H,1-5H3,(H,24,28)/t17-/m0/s1. The fraction of sp³-hybridized carbons (Fsp3) is 0.261. The number of rotatable bonds is 6. The first kappa shape index (κ1) is 21.6. The van der Waals surface area contributed by atoms with Crippen LogP contribution in [-0.2, 0) is 4.79 Å². The molecule has 0 aliphatic rings. The Hall–Kier alpha value is -3.06. The van der Waals surface area contributed by atoms with Gasteiger partial charge in [0, 0.05) is 6.07 Å². The highest BCUT2D eigenvalue weighted by Crippen LogP contribution is 2.27. The van der Waals surface area contributed by atoms with Crippen LogP contribution in [0.1, 0.15) is 23.6 Å². The molecule has 1 atom stereocenters. The number of hydrogen-bond donors (Lipinski definition) is 1. The molecule has 0 bridgehead atoms. The summed E-state index contributed by atoms with van der Waals surface area (Å²) in [6, 6.07) is 14.5. The lowest BCUT2D eigenvalue weighted by molar-refractivity contribution is -0.115. The van der Waals surface area contributed by atoms with E-state index in [1.807, 2.05) is 57.2 Å². The smallest absolute Gasteiger partial charge is 0.271 e. The molecule has 0 saturated carbocycles. The maximum atomic E-state index is 12.7. The largest absolute Gasteiger partial charge is 0.495 e. The summed E-state index contributed by atoms with van der Waals surface area (Å²) in [5.74, 6) is 0.433. The van der Waals surface area contributed by atoms with E-state index in [-0.39, 0.29) is 11.5 Å². The molecule has 0 aliphatic carbocycles. The number of aryl methyl sites for hydroxylation is 3. The zero-order chi connectivity index (χ0) is 21.8. The molecular formula is C23H25N3O3S. The second-order valence-electron chi connectivity index (χ2n) is 7.14. The van der Waals surface area contributed by atoms with Crippen molar-refractivity contribution in [2.45, 2.75) is 38.0 Å². The minimum Gasteiger partial charge on any atom is -0.495 e. The van der Waals surface area contributed by atoms with E-state index in [1.165, 1.54) is 22.5 Å². The maximum Gasteiger partial charge on any atom is 0.271 e. The van der Waals surface area contributed by atoms with E-state index in [0.29, 0.717) is 22.2 Å².